The fourth-order valence-corrected chi connectivity index (χ4v) is 5.51. The second-order valence-electron chi connectivity index (χ2n) is 7.84. The van der Waals surface area contributed by atoms with Gasteiger partial charge in [-0.3, -0.25) is 0 Å². The highest BCUT2D eigenvalue weighted by molar-refractivity contribution is 7.91. The third-order valence-electron chi connectivity index (χ3n) is 5.56. The lowest BCUT2D eigenvalue weighted by atomic mass is 10.1. The van der Waals surface area contributed by atoms with E-state index in [0.29, 0.717) is 41.6 Å². The summed E-state index contributed by atoms with van der Waals surface area (Å²) in [6, 6.07) is 3.30. The van der Waals surface area contributed by atoms with Crippen LogP contribution in [0.25, 0.3) is 21.9 Å². The van der Waals surface area contributed by atoms with Crippen molar-refractivity contribution in [3.63, 3.8) is 0 Å². The molecule has 162 valence electrons. The van der Waals surface area contributed by atoms with Crippen molar-refractivity contribution in [2.45, 2.75) is 43.0 Å². The van der Waals surface area contributed by atoms with Crippen molar-refractivity contribution in [2.24, 2.45) is 0 Å². The first-order valence-corrected chi connectivity index (χ1v) is 11.5. The minimum absolute atomic E-state index is 0.00271. The number of pyridine rings is 1. The highest BCUT2D eigenvalue weighted by Crippen LogP contribution is 2.43. The van der Waals surface area contributed by atoms with Crippen molar-refractivity contribution in [3.8, 4) is 0 Å². The number of nitrogens with one attached hydrogen (secondary N) is 1. The van der Waals surface area contributed by atoms with Gasteiger partial charge in [-0.2, -0.15) is 13.2 Å². The highest BCUT2D eigenvalue weighted by atomic mass is 32.2. The van der Waals surface area contributed by atoms with Gasteiger partial charge in [0.15, 0.2) is 9.84 Å². The maximum atomic E-state index is 13.7. The van der Waals surface area contributed by atoms with Crippen LogP contribution in [0.5, 0.6) is 0 Å². The van der Waals surface area contributed by atoms with Crippen molar-refractivity contribution in [3.05, 3.63) is 35.5 Å². The Bertz CT molecular complexity index is 1240. The van der Waals surface area contributed by atoms with Gasteiger partial charge in [-0.1, -0.05) is 0 Å². The largest absolute Gasteiger partial charge is 0.417 e. The molecule has 3 heterocycles. The van der Waals surface area contributed by atoms with Crippen molar-refractivity contribution < 1.29 is 26.7 Å². The Labute approximate surface area is 171 Å². The number of hydrogen-bond donors (Lipinski definition) is 2. The number of fused-ring (bicyclic) bond motifs is 3. The molecular formula is C20H22F3N3O3S. The summed E-state index contributed by atoms with van der Waals surface area (Å²) in [5.41, 5.74) is 0.191. The molecule has 2 N–H and O–H groups in total. The molecule has 2 atom stereocenters. The lowest BCUT2D eigenvalue weighted by Gasteiger charge is -2.24. The normalized spacial score (nSPS) is 21.3. The van der Waals surface area contributed by atoms with Crippen molar-refractivity contribution in [2.75, 3.05) is 19.3 Å². The molecule has 10 heteroatoms. The summed E-state index contributed by atoms with van der Waals surface area (Å²) in [5, 5.41) is 14.2. The van der Waals surface area contributed by atoms with Gasteiger partial charge in [0.1, 0.15) is 5.65 Å². The van der Waals surface area contributed by atoms with Crippen LogP contribution in [-0.4, -0.2) is 48.5 Å². The molecule has 30 heavy (non-hydrogen) atoms. The predicted molar refractivity (Wildman–Crippen MR) is 107 cm³/mol. The molecular weight excluding hydrogens is 419 g/mol. The molecule has 1 fully saturated rings. The molecule has 0 saturated carbocycles. The molecule has 0 spiro atoms. The van der Waals surface area contributed by atoms with Crippen LogP contribution in [0.4, 0.5) is 13.2 Å². The maximum Gasteiger partial charge on any atom is 0.417 e. The van der Waals surface area contributed by atoms with Gasteiger partial charge in [-0.25, -0.2) is 13.4 Å². The molecule has 1 aliphatic heterocycles. The Balaban J connectivity index is 2.19. The summed E-state index contributed by atoms with van der Waals surface area (Å²) in [5.74, 6) is 0. The van der Waals surface area contributed by atoms with E-state index in [1.54, 1.807) is 23.8 Å². The molecule has 1 aliphatic rings. The zero-order chi connectivity index (χ0) is 21.8. The molecule has 0 bridgehead atoms. The number of nitrogens with zero attached hydrogens (tertiary/aromatic N) is 2. The first-order chi connectivity index (χ1) is 14.0. The van der Waals surface area contributed by atoms with E-state index >= 15 is 0 Å². The Morgan fingerprint density at radius 2 is 2.03 bits per heavy atom. The Morgan fingerprint density at radius 3 is 2.70 bits per heavy atom. The number of benzene rings is 1. The molecule has 2 aromatic heterocycles. The monoisotopic (exact) mass is 441 g/mol. The van der Waals surface area contributed by atoms with Crippen LogP contribution in [0, 0.1) is 6.92 Å². The van der Waals surface area contributed by atoms with Gasteiger partial charge in [0.2, 0.25) is 0 Å². The number of halogens is 3. The van der Waals surface area contributed by atoms with Crippen molar-refractivity contribution in [1.29, 1.82) is 0 Å². The number of aryl methyl sites for hydroxylation is 1. The van der Waals surface area contributed by atoms with E-state index in [0.717, 1.165) is 18.7 Å². The van der Waals surface area contributed by atoms with E-state index in [1.807, 2.05) is 0 Å². The van der Waals surface area contributed by atoms with Crippen LogP contribution in [0.1, 0.15) is 30.0 Å². The fraction of sp³-hybridized carbons (Fsp3) is 0.450. The van der Waals surface area contributed by atoms with Crippen LogP contribution < -0.4 is 5.32 Å². The summed E-state index contributed by atoms with van der Waals surface area (Å²) in [7, 11) is -4.22. The summed E-state index contributed by atoms with van der Waals surface area (Å²) >= 11 is 0. The van der Waals surface area contributed by atoms with Crippen LogP contribution in [0.2, 0.25) is 0 Å². The number of aromatic nitrogens is 2. The predicted octanol–water partition coefficient (Wildman–Crippen LogP) is 3.21. The first kappa shape index (κ1) is 21.1. The number of aliphatic hydroxyl groups excluding tert-OH is 1. The summed E-state index contributed by atoms with van der Waals surface area (Å²) in [4.78, 5) is 3.68. The highest BCUT2D eigenvalue weighted by Gasteiger charge is 2.39. The molecule has 1 aromatic carbocycles. The smallest absolute Gasteiger partial charge is 0.390 e. The zero-order valence-electron chi connectivity index (χ0n) is 16.5. The lowest BCUT2D eigenvalue weighted by Crippen LogP contribution is -2.31. The molecule has 1 saturated heterocycles. The van der Waals surface area contributed by atoms with Crippen LogP contribution in [-0.2, 0) is 16.0 Å². The standard InChI is InChI=1S/C20H22F3N3O3S/c1-11-8-12-17-15(6-5-13(20(21,22)23)18(17)30(2,28)29)26(19(12)25-9-11)14-4-3-7-24-10-16(14)27/h5-6,8-9,14,16,24,27H,3-4,7,10H2,1-2H3/t14-,16-/m0/s1. The molecule has 0 amide bonds. The van der Waals surface area contributed by atoms with Crippen LogP contribution >= 0.6 is 0 Å². The van der Waals surface area contributed by atoms with Gasteiger partial charge < -0.3 is 15.0 Å². The topological polar surface area (TPSA) is 84.2 Å². The van der Waals surface area contributed by atoms with Crippen LogP contribution in [0.15, 0.2) is 29.3 Å². The van der Waals surface area contributed by atoms with Crippen molar-refractivity contribution in [1.82, 2.24) is 14.9 Å². The number of sulfone groups is 1. The number of β-amino-alcohol motifs (C(OH)–C–C–N with tert-alkyl or cyclic N) is 1. The fourth-order valence-electron chi connectivity index (χ4n) is 4.35. The van der Waals surface area contributed by atoms with E-state index in [4.69, 9.17) is 0 Å². The van der Waals surface area contributed by atoms with Gasteiger partial charge >= 0.3 is 6.18 Å². The number of aliphatic hydroxyl groups is 1. The second kappa shape index (κ2) is 7.21. The summed E-state index contributed by atoms with van der Waals surface area (Å²) in [6.45, 7) is 2.79. The third-order valence-corrected chi connectivity index (χ3v) is 6.72. The van der Waals surface area contributed by atoms with E-state index in [9.17, 15) is 26.7 Å². The molecule has 0 unspecified atom stereocenters. The third kappa shape index (κ3) is 3.46. The van der Waals surface area contributed by atoms with E-state index < -0.39 is 38.6 Å². The van der Waals surface area contributed by atoms with Crippen LogP contribution in [0.3, 0.4) is 0 Å². The second-order valence-corrected chi connectivity index (χ2v) is 9.79. The summed E-state index contributed by atoms with van der Waals surface area (Å²) in [6.07, 6.45) is -1.91. The van der Waals surface area contributed by atoms with Gasteiger partial charge in [0.05, 0.1) is 28.1 Å². The molecule has 6 nitrogen and oxygen atoms in total. The Morgan fingerprint density at radius 1 is 1.30 bits per heavy atom. The average molecular weight is 441 g/mol. The SMILES string of the molecule is Cc1cnc2c(c1)c1c(S(C)(=O)=O)c(C(F)(F)F)ccc1n2[C@H]1CCCNC[C@@H]1O. The number of rotatable bonds is 2. The van der Waals surface area contributed by atoms with Gasteiger partial charge in [-0.15, -0.1) is 0 Å². The van der Waals surface area contributed by atoms with E-state index in [1.165, 1.54) is 6.07 Å². The first-order valence-electron chi connectivity index (χ1n) is 9.59. The lowest BCUT2D eigenvalue weighted by molar-refractivity contribution is -0.139. The van der Waals surface area contributed by atoms with Gasteiger partial charge in [0.25, 0.3) is 0 Å². The van der Waals surface area contributed by atoms with Crippen molar-refractivity contribution >= 4 is 31.8 Å². The average Bonchev–Trinajstić information content (AvgIpc) is 2.79. The summed E-state index contributed by atoms with van der Waals surface area (Å²) < 4.78 is 68.0. The molecule has 4 rings (SSSR count). The molecule has 3 aromatic rings. The zero-order valence-corrected chi connectivity index (χ0v) is 17.3. The van der Waals surface area contributed by atoms with E-state index in [-0.39, 0.29) is 5.39 Å². The van der Waals surface area contributed by atoms with E-state index in [2.05, 4.69) is 10.3 Å². The number of hydrogen-bond acceptors (Lipinski definition) is 5. The molecule has 0 radical (unpaired) electrons. The number of alkyl halides is 3. The molecule has 0 aliphatic carbocycles. The maximum absolute atomic E-state index is 13.7. The Hall–Kier alpha value is -2.17. The minimum Gasteiger partial charge on any atom is -0.390 e. The van der Waals surface area contributed by atoms with Gasteiger partial charge in [-0.05, 0) is 50.1 Å². The Kier molecular flexibility index (Phi) is 5.06. The quantitative estimate of drug-likeness (QED) is 0.638. The van der Waals surface area contributed by atoms with Gasteiger partial charge in [0, 0.05) is 29.8 Å². The minimum atomic E-state index is -4.83.